The average Bonchev–Trinajstić information content (AvgIpc) is 3.03. The van der Waals surface area contributed by atoms with Gasteiger partial charge >= 0.3 is 0 Å². The molecule has 0 saturated heterocycles. The third kappa shape index (κ3) is 5.27. The van der Waals surface area contributed by atoms with Gasteiger partial charge in [-0.1, -0.05) is 26.0 Å². The molecule has 1 N–H and O–H groups in total. The molecule has 0 atom stereocenters. The van der Waals surface area contributed by atoms with Gasteiger partial charge < -0.3 is 9.73 Å². The van der Waals surface area contributed by atoms with Gasteiger partial charge in [0.15, 0.2) is 0 Å². The fourth-order valence-electron chi connectivity index (χ4n) is 2.44. The minimum Gasteiger partial charge on any atom is -0.469 e. The van der Waals surface area contributed by atoms with Crippen LogP contribution in [0.4, 0.5) is 5.69 Å². The van der Waals surface area contributed by atoms with E-state index in [1.54, 1.807) is 6.26 Å². The van der Waals surface area contributed by atoms with Crippen LogP contribution >= 0.6 is 0 Å². The highest BCUT2D eigenvalue weighted by atomic mass is 16.3. The number of nitrogens with zero attached hydrogens (tertiary/aromatic N) is 1. The van der Waals surface area contributed by atoms with Crippen LogP contribution in [0.2, 0.25) is 0 Å². The molecular weight excluding hydrogens is 260 g/mol. The summed E-state index contributed by atoms with van der Waals surface area (Å²) in [6, 6.07) is 12.7. The number of nitrogens with one attached hydrogen (secondary N) is 1. The second kappa shape index (κ2) is 8.53. The van der Waals surface area contributed by atoms with Gasteiger partial charge in [0.2, 0.25) is 0 Å². The quantitative estimate of drug-likeness (QED) is 0.701. The molecule has 114 valence electrons. The van der Waals surface area contributed by atoms with Crippen molar-refractivity contribution in [2.75, 3.05) is 25.0 Å². The van der Waals surface area contributed by atoms with Gasteiger partial charge in [-0.25, -0.2) is 0 Å². The van der Waals surface area contributed by atoms with Gasteiger partial charge in [-0.05, 0) is 49.3 Å². The lowest BCUT2D eigenvalue weighted by Gasteiger charge is -2.18. The minimum absolute atomic E-state index is 0.968. The Balaban J connectivity index is 1.77. The molecule has 0 fully saturated rings. The molecule has 1 heterocycles. The fourth-order valence-corrected chi connectivity index (χ4v) is 2.44. The van der Waals surface area contributed by atoms with Gasteiger partial charge in [-0.3, -0.25) is 4.90 Å². The minimum atomic E-state index is 0.968. The standard InChI is InChI=1S/C18H26N2O/c1-3-20(4-2)15-16-8-5-9-17(14-16)19-12-6-10-18-11-7-13-21-18/h5,7-9,11,13-14,19H,3-4,6,10,12,15H2,1-2H3. The molecule has 0 radical (unpaired) electrons. The topological polar surface area (TPSA) is 28.4 Å². The summed E-state index contributed by atoms with van der Waals surface area (Å²) < 4.78 is 5.34. The Morgan fingerprint density at radius 2 is 1.95 bits per heavy atom. The predicted octanol–water partition coefficient (Wildman–Crippen LogP) is 4.17. The molecule has 2 rings (SSSR count). The molecule has 0 unspecified atom stereocenters. The smallest absolute Gasteiger partial charge is 0.103 e. The average molecular weight is 286 g/mol. The first-order chi connectivity index (χ1) is 10.3. The number of aryl methyl sites for hydroxylation is 1. The molecule has 0 bridgehead atoms. The van der Waals surface area contributed by atoms with Crippen LogP contribution in [0.25, 0.3) is 0 Å². The van der Waals surface area contributed by atoms with Crippen molar-refractivity contribution in [2.45, 2.75) is 33.2 Å². The van der Waals surface area contributed by atoms with Crippen molar-refractivity contribution in [2.24, 2.45) is 0 Å². The molecule has 0 spiro atoms. The zero-order valence-electron chi connectivity index (χ0n) is 13.1. The first-order valence-corrected chi connectivity index (χ1v) is 7.89. The lowest BCUT2D eigenvalue weighted by Crippen LogP contribution is -2.22. The lowest BCUT2D eigenvalue weighted by molar-refractivity contribution is 0.296. The van der Waals surface area contributed by atoms with E-state index in [9.17, 15) is 0 Å². The molecule has 3 heteroatoms. The molecule has 0 aliphatic heterocycles. The summed E-state index contributed by atoms with van der Waals surface area (Å²) in [4.78, 5) is 2.43. The van der Waals surface area contributed by atoms with Gasteiger partial charge in [0.05, 0.1) is 6.26 Å². The summed E-state index contributed by atoms with van der Waals surface area (Å²) in [7, 11) is 0. The van der Waals surface area contributed by atoms with E-state index in [2.05, 4.69) is 48.3 Å². The summed E-state index contributed by atoms with van der Waals surface area (Å²) in [5, 5.41) is 3.50. The van der Waals surface area contributed by atoms with E-state index in [-0.39, 0.29) is 0 Å². The molecule has 21 heavy (non-hydrogen) atoms. The summed E-state index contributed by atoms with van der Waals surface area (Å²) in [5.41, 5.74) is 2.58. The lowest BCUT2D eigenvalue weighted by atomic mass is 10.2. The second-order valence-corrected chi connectivity index (χ2v) is 5.27. The normalized spacial score (nSPS) is 11.0. The molecule has 1 aromatic heterocycles. The van der Waals surface area contributed by atoms with Gasteiger partial charge in [-0.2, -0.15) is 0 Å². The second-order valence-electron chi connectivity index (χ2n) is 5.27. The summed E-state index contributed by atoms with van der Waals surface area (Å²) in [6.45, 7) is 8.60. The van der Waals surface area contributed by atoms with Crippen LogP contribution in [0.5, 0.6) is 0 Å². The Bertz CT molecular complexity index is 504. The summed E-state index contributed by atoms with van der Waals surface area (Å²) in [6.07, 6.45) is 3.80. The largest absolute Gasteiger partial charge is 0.469 e. The maximum absolute atomic E-state index is 5.34. The molecule has 0 saturated carbocycles. The van der Waals surface area contributed by atoms with E-state index in [4.69, 9.17) is 4.42 Å². The van der Waals surface area contributed by atoms with E-state index >= 15 is 0 Å². The Kier molecular flexibility index (Phi) is 6.35. The maximum atomic E-state index is 5.34. The summed E-state index contributed by atoms with van der Waals surface area (Å²) in [5.74, 6) is 1.06. The third-order valence-corrected chi connectivity index (χ3v) is 3.74. The number of rotatable bonds is 9. The Labute approximate surface area is 128 Å². The van der Waals surface area contributed by atoms with Crippen molar-refractivity contribution in [3.63, 3.8) is 0 Å². The van der Waals surface area contributed by atoms with Gasteiger partial charge in [0, 0.05) is 25.2 Å². The van der Waals surface area contributed by atoms with Crippen LogP contribution < -0.4 is 5.32 Å². The molecule has 3 nitrogen and oxygen atoms in total. The molecule has 1 aromatic carbocycles. The van der Waals surface area contributed by atoms with E-state index in [1.165, 1.54) is 11.3 Å². The zero-order valence-corrected chi connectivity index (χ0v) is 13.1. The predicted molar refractivity (Wildman–Crippen MR) is 88.6 cm³/mol. The van der Waals surface area contributed by atoms with Crippen LogP contribution in [-0.4, -0.2) is 24.5 Å². The van der Waals surface area contributed by atoms with Gasteiger partial charge in [-0.15, -0.1) is 0 Å². The highest BCUT2D eigenvalue weighted by Gasteiger charge is 2.02. The van der Waals surface area contributed by atoms with Crippen molar-refractivity contribution in [1.29, 1.82) is 0 Å². The molecule has 2 aromatic rings. The first-order valence-electron chi connectivity index (χ1n) is 7.89. The Morgan fingerprint density at radius 3 is 2.67 bits per heavy atom. The van der Waals surface area contributed by atoms with E-state index < -0.39 is 0 Å². The highest BCUT2D eigenvalue weighted by molar-refractivity contribution is 5.45. The SMILES string of the molecule is CCN(CC)Cc1cccc(NCCCc2ccco2)c1. The van der Waals surface area contributed by atoms with Gasteiger partial charge in [0.25, 0.3) is 0 Å². The first kappa shape index (κ1) is 15.6. The fraction of sp³-hybridized carbons (Fsp3) is 0.444. The maximum Gasteiger partial charge on any atom is 0.103 e. The van der Waals surface area contributed by atoms with Gasteiger partial charge in [0.1, 0.15) is 5.76 Å². The Hall–Kier alpha value is -1.74. The highest BCUT2D eigenvalue weighted by Crippen LogP contribution is 2.13. The zero-order chi connectivity index (χ0) is 14.9. The van der Waals surface area contributed by atoms with Crippen molar-refractivity contribution < 1.29 is 4.42 Å². The summed E-state index contributed by atoms with van der Waals surface area (Å²) >= 11 is 0. The Morgan fingerprint density at radius 1 is 1.10 bits per heavy atom. The monoisotopic (exact) mass is 286 g/mol. The van der Waals surface area contributed by atoms with E-state index in [1.807, 2.05) is 12.1 Å². The van der Waals surface area contributed by atoms with Crippen LogP contribution in [0.15, 0.2) is 47.1 Å². The number of benzene rings is 1. The molecular formula is C18H26N2O. The number of furan rings is 1. The molecule has 0 amide bonds. The van der Waals surface area contributed by atoms with Crippen LogP contribution in [-0.2, 0) is 13.0 Å². The van der Waals surface area contributed by atoms with E-state index in [0.29, 0.717) is 0 Å². The molecule has 0 aliphatic carbocycles. The van der Waals surface area contributed by atoms with Crippen LogP contribution in [0.1, 0.15) is 31.6 Å². The van der Waals surface area contributed by atoms with E-state index in [0.717, 1.165) is 44.8 Å². The third-order valence-electron chi connectivity index (χ3n) is 3.74. The molecule has 0 aliphatic rings. The van der Waals surface area contributed by atoms with Crippen molar-refractivity contribution in [3.8, 4) is 0 Å². The van der Waals surface area contributed by atoms with Crippen LogP contribution in [0.3, 0.4) is 0 Å². The van der Waals surface area contributed by atoms with Crippen molar-refractivity contribution in [1.82, 2.24) is 4.90 Å². The number of anilines is 1. The van der Waals surface area contributed by atoms with Crippen molar-refractivity contribution >= 4 is 5.69 Å². The number of hydrogen-bond donors (Lipinski definition) is 1. The van der Waals surface area contributed by atoms with Crippen molar-refractivity contribution in [3.05, 3.63) is 54.0 Å². The van der Waals surface area contributed by atoms with Crippen LogP contribution in [0, 0.1) is 0 Å². The number of hydrogen-bond acceptors (Lipinski definition) is 3.